The molecule has 3 aromatic carbocycles. The molecule has 2 aliphatic rings. The summed E-state index contributed by atoms with van der Waals surface area (Å²) >= 11 is 0. The van der Waals surface area contributed by atoms with Gasteiger partial charge in [-0.15, -0.1) is 0 Å². The lowest BCUT2D eigenvalue weighted by Crippen LogP contribution is -2.37. The third kappa shape index (κ3) is 6.79. The monoisotopic (exact) mass is 526 g/mol. The van der Waals surface area contributed by atoms with E-state index in [4.69, 9.17) is 4.74 Å². The number of urea groups is 1. The van der Waals surface area contributed by atoms with Crippen molar-refractivity contribution >= 4 is 23.3 Å². The highest BCUT2D eigenvalue weighted by atomic mass is 16.5. The van der Waals surface area contributed by atoms with Gasteiger partial charge in [-0.3, -0.25) is 4.79 Å². The zero-order valence-electron chi connectivity index (χ0n) is 22.9. The number of likely N-dealkylation sites (tertiary alicyclic amines) is 2. The molecule has 204 valence electrons. The summed E-state index contributed by atoms with van der Waals surface area (Å²) in [7, 11) is 0. The van der Waals surface area contributed by atoms with Gasteiger partial charge in [0.2, 0.25) is 0 Å². The zero-order valence-corrected chi connectivity index (χ0v) is 22.9. The fraction of sp³-hybridized carbons (Fsp3) is 0.375. The first-order valence-corrected chi connectivity index (χ1v) is 14.0. The second-order valence-electron chi connectivity index (χ2n) is 10.6. The average Bonchev–Trinajstić information content (AvgIpc) is 3.63. The topological polar surface area (TPSA) is 73.9 Å². The minimum Gasteiger partial charge on any atom is -0.455 e. The molecule has 2 saturated heterocycles. The van der Waals surface area contributed by atoms with Crippen LogP contribution >= 0.6 is 0 Å². The van der Waals surface area contributed by atoms with E-state index in [9.17, 15) is 9.59 Å². The highest BCUT2D eigenvalue weighted by Crippen LogP contribution is 2.33. The molecule has 1 atom stereocenters. The number of anilines is 2. The molecule has 2 heterocycles. The van der Waals surface area contributed by atoms with Crippen LogP contribution in [0.3, 0.4) is 0 Å². The van der Waals surface area contributed by atoms with Crippen molar-refractivity contribution in [2.24, 2.45) is 0 Å². The van der Waals surface area contributed by atoms with E-state index in [0.717, 1.165) is 37.9 Å². The first kappa shape index (κ1) is 26.8. The van der Waals surface area contributed by atoms with Crippen LogP contribution in [0.5, 0.6) is 11.5 Å². The molecular formula is C32H38N4O3. The molecule has 0 radical (unpaired) electrons. The molecule has 0 spiro atoms. The van der Waals surface area contributed by atoms with Crippen molar-refractivity contribution in [2.75, 3.05) is 36.8 Å². The summed E-state index contributed by atoms with van der Waals surface area (Å²) in [6.07, 6.45) is 5.62. The van der Waals surface area contributed by atoms with E-state index in [1.807, 2.05) is 60.4 Å². The van der Waals surface area contributed by atoms with Gasteiger partial charge in [0.05, 0.1) is 5.69 Å². The number of nitrogens with zero attached hydrogens (tertiary/aromatic N) is 2. The van der Waals surface area contributed by atoms with Crippen molar-refractivity contribution < 1.29 is 14.3 Å². The number of carbonyl (C=O) groups is 2. The van der Waals surface area contributed by atoms with Crippen LogP contribution in [0.15, 0.2) is 66.7 Å². The summed E-state index contributed by atoms with van der Waals surface area (Å²) in [6, 6.07) is 20.3. The maximum atomic E-state index is 13.7. The fourth-order valence-corrected chi connectivity index (χ4v) is 5.47. The van der Waals surface area contributed by atoms with E-state index in [-0.39, 0.29) is 11.9 Å². The first-order chi connectivity index (χ1) is 19.0. The number of carbonyl (C=O) groups excluding carboxylic acids is 2. The van der Waals surface area contributed by atoms with Gasteiger partial charge in [-0.1, -0.05) is 24.3 Å². The molecule has 3 aromatic rings. The van der Waals surface area contributed by atoms with Crippen LogP contribution in [-0.4, -0.2) is 54.0 Å². The van der Waals surface area contributed by atoms with Crippen LogP contribution in [-0.2, 0) is 0 Å². The van der Waals surface area contributed by atoms with Crippen molar-refractivity contribution in [2.45, 2.75) is 52.0 Å². The Kier molecular flexibility index (Phi) is 8.47. The molecule has 5 rings (SSSR count). The predicted molar refractivity (Wildman–Crippen MR) is 156 cm³/mol. The molecule has 0 unspecified atom stereocenters. The summed E-state index contributed by atoms with van der Waals surface area (Å²) < 4.78 is 6.20. The fourth-order valence-electron chi connectivity index (χ4n) is 5.47. The quantitative estimate of drug-likeness (QED) is 0.337. The van der Waals surface area contributed by atoms with Crippen molar-refractivity contribution in [3.8, 4) is 11.5 Å². The minimum atomic E-state index is -0.402. The van der Waals surface area contributed by atoms with Crippen molar-refractivity contribution in [1.29, 1.82) is 0 Å². The van der Waals surface area contributed by atoms with E-state index in [1.54, 1.807) is 18.2 Å². The van der Waals surface area contributed by atoms with Gasteiger partial charge in [-0.2, -0.15) is 0 Å². The number of hydrogen-bond donors (Lipinski definition) is 2. The van der Waals surface area contributed by atoms with Gasteiger partial charge in [0.15, 0.2) is 5.75 Å². The van der Waals surface area contributed by atoms with E-state index in [2.05, 4.69) is 22.5 Å². The van der Waals surface area contributed by atoms with E-state index in [0.29, 0.717) is 28.4 Å². The van der Waals surface area contributed by atoms with Gasteiger partial charge >= 0.3 is 6.03 Å². The van der Waals surface area contributed by atoms with Crippen LogP contribution < -0.4 is 15.4 Å². The number of rotatable bonds is 8. The molecule has 3 amide bonds. The lowest BCUT2D eigenvalue weighted by molar-refractivity contribution is 0.0723. The van der Waals surface area contributed by atoms with Crippen molar-refractivity contribution in [3.63, 3.8) is 0 Å². The Bertz CT molecular complexity index is 1300. The number of amides is 3. The number of aryl methyl sites for hydroxylation is 2. The molecule has 2 aliphatic heterocycles. The van der Waals surface area contributed by atoms with Crippen LogP contribution in [0.1, 0.15) is 53.6 Å². The minimum absolute atomic E-state index is 0.00294. The van der Waals surface area contributed by atoms with Crippen LogP contribution in [0.4, 0.5) is 16.2 Å². The third-order valence-electron chi connectivity index (χ3n) is 7.83. The molecular weight excluding hydrogens is 488 g/mol. The smallest absolute Gasteiger partial charge is 0.323 e. The number of nitrogens with one attached hydrogen (secondary N) is 2. The van der Waals surface area contributed by atoms with E-state index < -0.39 is 6.03 Å². The Hall–Kier alpha value is -3.84. The molecule has 0 bridgehead atoms. The van der Waals surface area contributed by atoms with Gasteiger partial charge in [-0.05, 0) is 113 Å². The number of ether oxygens (including phenoxy) is 1. The van der Waals surface area contributed by atoms with Gasteiger partial charge in [-0.25, -0.2) is 4.79 Å². The largest absolute Gasteiger partial charge is 0.455 e. The molecule has 0 aliphatic carbocycles. The van der Waals surface area contributed by atoms with E-state index >= 15 is 0 Å². The molecule has 0 saturated carbocycles. The number of benzene rings is 3. The Morgan fingerprint density at radius 3 is 2.44 bits per heavy atom. The second kappa shape index (κ2) is 12.3. The summed E-state index contributed by atoms with van der Waals surface area (Å²) in [4.78, 5) is 31.1. The first-order valence-electron chi connectivity index (χ1n) is 14.0. The zero-order chi connectivity index (χ0) is 27.2. The summed E-state index contributed by atoms with van der Waals surface area (Å²) in [5.74, 6) is 1.15. The molecule has 2 N–H and O–H groups in total. The summed E-state index contributed by atoms with van der Waals surface area (Å²) in [5.41, 5.74) is 3.96. The lowest BCUT2D eigenvalue weighted by Gasteiger charge is -2.27. The van der Waals surface area contributed by atoms with Gasteiger partial charge in [0, 0.05) is 30.4 Å². The van der Waals surface area contributed by atoms with Crippen LogP contribution in [0.25, 0.3) is 0 Å². The van der Waals surface area contributed by atoms with Gasteiger partial charge in [0.25, 0.3) is 5.91 Å². The van der Waals surface area contributed by atoms with Gasteiger partial charge in [0.1, 0.15) is 5.75 Å². The SMILES string of the molecule is Cc1ccc(Oc2ccc(C(=O)N3CCC[C@H]3CCN3CCCC3)cc2NC(=O)Nc2ccccc2)cc1C. The molecule has 7 nitrogen and oxygen atoms in total. The molecule has 7 heteroatoms. The predicted octanol–water partition coefficient (Wildman–Crippen LogP) is 6.83. The second-order valence-corrected chi connectivity index (χ2v) is 10.6. The van der Waals surface area contributed by atoms with Crippen LogP contribution in [0, 0.1) is 13.8 Å². The van der Waals surface area contributed by atoms with Crippen molar-refractivity contribution in [1.82, 2.24) is 9.80 Å². The van der Waals surface area contributed by atoms with Gasteiger partial charge < -0.3 is 25.2 Å². The Balaban J connectivity index is 1.36. The standard InChI is InChI=1S/C32H38N4O3/c1-23-12-14-28(21-24(23)2)39-30-15-13-25(22-29(30)34-32(38)33-26-9-4-3-5-10-26)31(37)36-19-8-11-27(36)16-20-35-17-6-7-18-35/h3-5,9-10,12-15,21-22,27H,6-8,11,16-20H2,1-2H3,(H2,33,34,38)/t27-/m0/s1. The Labute approximate surface area is 231 Å². The van der Waals surface area contributed by atoms with Crippen LogP contribution in [0.2, 0.25) is 0 Å². The maximum absolute atomic E-state index is 13.7. The maximum Gasteiger partial charge on any atom is 0.323 e. The normalized spacial score (nSPS) is 17.3. The highest BCUT2D eigenvalue weighted by Gasteiger charge is 2.30. The molecule has 2 fully saturated rings. The van der Waals surface area contributed by atoms with E-state index in [1.165, 1.54) is 31.5 Å². The summed E-state index contributed by atoms with van der Waals surface area (Å²) in [6.45, 7) is 8.24. The Morgan fingerprint density at radius 1 is 0.872 bits per heavy atom. The number of hydrogen-bond acceptors (Lipinski definition) is 4. The van der Waals surface area contributed by atoms with Crippen molar-refractivity contribution in [3.05, 3.63) is 83.4 Å². The highest BCUT2D eigenvalue weighted by molar-refractivity contribution is 6.02. The third-order valence-corrected chi connectivity index (χ3v) is 7.83. The summed E-state index contributed by atoms with van der Waals surface area (Å²) in [5, 5.41) is 5.76. The molecule has 0 aromatic heterocycles. The lowest BCUT2D eigenvalue weighted by atomic mass is 10.1. The average molecular weight is 527 g/mol. The molecule has 39 heavy (non-hydrogen) atoms. The Morgan fingerprint density at radius 2 is 1.67 bits per heavy atom. The number of para-hydroxylation sites is 1.